The van der Waals surface area contributed by atoms with Gasteiger partial charge < -0.3 is 4.98 Å². The van der Waals surface area contributed by atoms with Crippen LogP contribution in [0.25, 0.3) is 21.8 Å². The first kappa shape index (κ1) is 10.5. The van der Waals surface area contributed by atoms with Crippen LogP contribution >= 0.6 is 0 Å². The summed E-state index contributed by atoms with van der Waals surface area (Å²) in [7, 11) is -0.854. The Morgan fingerprint density at radius 3 is 2.88 bits per heavy atom. The first-order valence-electron chi connectivity index (χ1n) is 5.39. The van der Waals surface area contributed by atoms with Crippen LogP contribution in [0.1, 0.15) is 5.69 Å². The third-order valence-corrected chi connectivity index (χ3v) is 3.50. The minimum atomic E-state index is -0.854. The molecular weight excluding hydrogens is 232 g/mol. The van der Waals surface area contributed by atoms with Crippen molar-refractivity contribution >= 4 is 32.6 Å². The molecule has 86 valence electrons. The number of fused-ring (bicyclic) bond motifs is 3. The zero-order valence-electron chi connectivity index (χ0n) is 9.43. The molecule has 0 saturated carbocycles. The van der Waals surface area contributed by atoms with Crippen molar-refractivity contribution in [3.63, 3.8) is 0 Å². The molecule has 17 heavy (non-hydrogen) atoms. The molecule has 0 spiro atoms. The number of benzene rings is 1. The maximum absolute atomic E-state index is 11.2. The third-order valence-electron chi connectivity index (χ3n) is 2.80. The smallest absolute Gasteiger partial charge is 0.0656 e. The fourth-order valence-corrected chi connectivity index (χ4v) is 2.65. The first-order chi connectivity index (χ1) is 8.24. The minimum Gasteiger partial charge on any atom is -0.353 e. The highest BCUT2D eigenvalue weighted by Crippen LogP contribution is 2.25. The van der Waals surface area contributed by atoms with E-state index in [9.17, 15) is 4.21 Å². The number of hydrogen-bond acceptors (Lipinski definition) is 2. The summed E-state index contributed by atoms with van der Waals surface area (Å²) in [5, 5.41) is 2.34. The van der Waals surface area contributed by atoms with E-state index in [1.807, 2.05) is 30.5 Å². The molecule has 3 aromatic rings. The lowest BCUT2D eigenvalue weighted by Crippen LogP contribution is -1.94. The molecule has 0 aliphatic rings. The van der Waals surface area contributed by atoms with Gasteiger partial charge >= 0.3 is 0 Å². The summed E-state index contributed by atoms with van der Waals surface area (Å²) >= 11 is 0. The predicted octanol–water partition coefficient (Wildman–Crippen LogP) is 2.59. The van der Waals surface area contributed by atoms with Gasteiger partial charge in [-0.2, -0.15) is 0 Å². The van der Waals surface area contributed by atoms with E-state index in [1.54, 1.807) is 6.26 Å². The number of pyridine rings is 1. The fourth-order valence-electron chi connectivity index (χ4n) is 2.08. The van der Waals surface area contributed by atoms with E-state index < -0.39 is 10.8 Å². The summed E-state index contributed by atoms with van der Waals surface area (Å²) < 4.78 is 11.2. The van der Waals surface area contributed by atoms with E-state index in [4.69, 9.17) is 0 Å². The Balaban J connectivity index is 2.26. The maximum Gasteiger partial charge on any atom is 0.0656 e. The van der Waals surface area contributed by atoms with Crippen molar-refractivity contribution in [3.8, 4) is 0 Å². The summed E-state index contributed by atoms with van der Waals surface area (Å²) in [5.74, 6) is 0.509. The molecule has 2 aromatic heterocycles. The molecule has 0 bridgehead atoms. The van der Waals surface area contributed by atoms with Gasteiger partial charge in [-0.05, 0) is 12.1 Å². The van der Waals surface area contributed by atoms with Gasteiger partial charge in [0.25, 0.3) is 0 Å². The van der Waals surface area contributed by atoms with Crippen molar-refractivity contribution in [2.75, 3.05) is 6.26 Å². The highest BCUT2D eigenvalue weighted by Gasteiger charge is 2.06. The molecule has 2 heterocycles. The Morgan fingerprint density at radius 1 is 1.24 bits per heavy atom. The molecular formula is C13H12N2OS. The van der Waals surface area contributed by atoms with Crippen LogP contribution in [0.2, 0.25) is 0 Å². The zero-order valence-corrected chi connectivity index (χ0v) is 10.3. The Bertz CT molecular complexity index is 718. The van der Waals surface area contributed by atoms with Crippen LogP contribution in [0.4, 0.5) is 0 Å². The van der Waals surface area contributed by atoms with E-state index in [0.29, 0.717) is 5.75 Å². The molecule has 0 aliphatic carbocycles. The normalized spacial score (nSPS) is 13.2. The lowest BCUT2D eigenvalue weighted by atomic mass is 10.2. The van der Waals surface area contributed by atoms with Gasteiger partial charge in [0.05, 0.1) is 23.2 Å². The molecule has 3 nitrogen and oxygen atoms in total. The number of para-hydroxylation sites is 1. The minimum absolute atomic E-state index is 0.509. The number of aromatic nitrogens is 2. The molecule has 0 fully saturated rings. The molecule has 0 saturated heterocycles. The second kappa shape index (κ2) is 3.96. The number of nitrogens with one attached hydrogen (secondary N) is 1. The summed E-state index contributed by atoms with van der Waals surface area (Å²) in [4.78, 5) is 7.64. The lowest BCUT2D eigenvalue weighted by molar-refractivity contribution is 0.686. The monoisotopic (exact) mass is 244 g/mol. The Kier molecular flexibility index (Phi) is 2.44. The van der Waals surface area contributed by atoms with E-state index in [2.05, 4.69) is 16.0 Å². The van der Waals surface area contributed by atoms with Gasteiger partial charge in [-0.3, -0.25) is 9.19 Å². The van der Waals surface area contributed by atoms with E-state index in [-0.39, 0.29) is 0 Å². The fraction of sp³-hybridized carbons (Fsp3) is 0.154. The Hall–Kier alpha value is -1.68. The molecule has 1 N–H and O–H groups in total. The van der Waals surface area contributed by atoms with Gasteiger partial charge in [-0.1, -0.05) is 18.2 Å². The average Bonchev–Trinajstić information content (AvgIpc) is 2.66. The Morgan fingerprint density at radius 2 is 2.06 bits per heavy atom. The van der Waals surface area contributed by atoms with E-state index >= 15 is 0 Å². The van der Waals surface area contributed by atoms with Crippen LogP contribution in [0, 0.1) is 0 Å². The number of hydrogen-bond donors (Lipinski definition) is 1. The molecule has 0 radical (unpaired) electrons. The molecule has 0 aliphatic heterocycles. The van der Waals surface area contributed by atoms with Crippen LogP contribution in [0.15, 0.2) is 36.5 Å². The summed E-state index contributed by atoms with van der Waals surface area (Å²) in [6.07, 6.45) is 3.51. The largest absolute Gasteiger partial charge is 0.353 e. The predicted molar refractivity (Wildman–Crippen MR) is 71.4 cm³/mol. The summed E-state index contributed by atoms with van der Waals surface area (Å²) in [5.41, 5.74) is 3.01. The number of H-pyrrole nitrogens is 1. The standard InChI is InChI=1S/C13H12N2OS/c1-17(16)8-9-6-11-10-4-2-3-5-12(10)15-13(11)7-14-9/h2-7,15H,8H2,1H3. The molecule has 0 amide bonds. The second-order valence-corrected chi connectivity index (χ2v) is 5.54. The quantitative estimate of drug-likeness (QED) is 0.753. The lowest BCUT2D eigenvalue weighted by Gasteiger charge is -1.97. The molecule has 1 unspecified atom stereocenters. The summed E-state index contributed by atoms with van der Waals surface area (Å²) in [6.45, 7) is 0. The van der Waals surface area contributed by atoms with Gasteiger partial charge in [0.15, 0.2) is 0 Å². The van der Waals surface area contributed by atoms with E-state index in [1.165, 1.54) is 5.39 Å². The average molecular weight is 244 g/mol. The van der Waals surface area contributed by atoms with Crippen molar-refractivity contribution in [2.45, 2.75) is 5.75 Å². The third kappa shape index (κ3) is 1.85. The van der Waals surface area contributed by atoms with Gasteiger partial charge in [-0.15, -0.1) is 0 Å². The SMILES string of the molecule is CS(=O)Cc1cc2c(cn1)[nH]c1ccccc12. The number of rotatable bonds is 2. The molecule has 1 aromatic carbocycles. The molecule has 4 heteroatoms. The molecule has 1 atom stereocenters. The number of nitrogens with zero attached hydrogens (tertiary/aromatic N) is 1. The van der Waals surface area contributed by atoms with Crippen LogP contribution in [0.3, 0.4) is 0 Å². The van der Waals surface area contributed by atoms with E-state index in [0.717, 1.165) is 22.1 Å². The van der Waals surface area contributed by atoms with Gasteiger partial charge in [0.2, 0.25) is 0 Å². The van der Waals surface area contributed by atoms with Gasteiger partial charge in [0.1, 0.15) is 0 Å². The second-order valence-electron chi connectivity index (χ2n) is 4.11. The van der Waals surface area contributed by atoms with Crippen LogP contribution in [0.5, 0.6) is 0 Å². The van der Waals surface area contributed by atoms with Crippen molar-refractivity contribution in [2.24, 2.45) is 0 Å². The molecule has 3 rings (SSSR count). The first-order valence-corrected chi connectivity index (χ1v) is 7.12. The van der Waals surface area contributed by atoms with Crippen molar-refractivity contribution in [3.05, 3.63) is 42.2 Å². The highest BCUT2D eigenvalue weighted by molar-refractivity contribution is 7.83. The van der Waals surface area contributed by atoms with Crippen molar-refractivity contribution in [1.82, 2.24) is 9.97 Å². The zero-order chi connectivity index (χ0) is 11.8. The Labute approximate surface area is 101 Å². The highest BCUT2D eigenvalue weighted by atomic mass is 32.2. The van der Waals surface area contributed by atoms with Gasteiger partial charge in [0, 0.05) is 33.3 Å². The van der Waals surface area contributed by atoms with Crippen LogP contribution in [-0.2, 0) is 16.6 Å². The van der Waals surface area contributed by atoms with Gasteiger partial charge in [-0.25, -0.2) is 0 Å². The number of aromatic amines is 1. The van der Waals surface area contributed by atoms with Crippen LogP contribution < -0.4 is 0 Å². The van der Waals surface area contributed by atoms with Crippen molar-refractivity contribution in [1.29, 1.82) is 0 Å². The topological polar surface area (TPSA) is 45.8 Å². The van der Waals surface area contributed by atoms with Crippen molar-refractivity contribution < 1.29 is 4.21 Å². The maximum atomic E-state index is 11.2. The summed E-state index contributed by atoms with van der Waals surface area (Å²) in [6, 6.07) is 10.2. The van der Waals surface area contributed by atoms with Crippen LogP contribution in [-0.4, -0.2) is 20.4 Å².